The van der Waals surface area contributed by atoms with Gasteiger partial charge in [-0.05, 0) is 30.2 Å². The first-order chi connectivity index (χ1) is 10.6. The van der Waals surface area contributed by atoms with Crippen LogP contribution in [0.4, 0.5) is 4.39 Å². The highest BCUT2D eigenvalue weighted by Gasteiger charge is 2.03. The first-order valence-electron chi connectivity index (χ1n) is 6.55. The molecule has 0 saturated heterocycles. The van der Waals surface area contributed by atoms with Crippen LogP contribution in [0.5, 0.6) is 0 Å². The molecule has 0 bridgehead atoms. The third-order valence-electron chi connectivity index (χ3n) is 2.86. The number of thioether (sulfide) groups is 1. The molecule has 2 N–H and O–H groups in total. The monoisotopic (exact) mass is 379 g/mol. The second-order valence-corrected chi connectivity index (χ2v) is 6.43. The van der Waals surface area contributed by atoms with E-state index in [9.17, 15) is 4.39 Å². The third kappa shape index (κ3) is 4.96. The molecule has 0 heterocycles. The summed E-state index contributed by atoms with van der Waals surface area (Å²) in [5.74, 6) is 0.482. The van der Waals surface area contributed by atoms with Gasteiger partial charge in [0, 0.05) is 15.8 Å². The molecule has 2 aromatic rings. The van der Waals surface area contributed by atoms with Crippen LogP contribution in [0.3, 0.4) is 0 Å². The fourth-order valence-electron chi connectivity index (χ4n) is 1.69. The number of halogens is 2. The van der Waals surface area contributed by atoms with Gasteiger partial charge in [0.15, 0.2) is 5.17 Å². The standard InChI is InChI=1S/C16H15BrFN3S/c1-11-7-13(14(17)8-15(11)18)9-20-21-16(19)22-10-12-5-3-2-4-6-12/h2-9H,10H2,1H3,(H2,19,21). The first-order valence-corrected chi connectivity index (χ1v) is 8.33. The molecule has 6 heteroatoms. The van der Waals surface area contributed by atoms with Gasteiger partial charge in [-0.3, -0.25) is 0 Å². The van der Waals surface area contributed by atoms with Crippen molar-refractivity contribution in [2.75, 3.05) is 0 Å². The molecule has 2 aromatic carbocycles. The van der Waals surface area contributed by atoms with E-state index < -0.39 is 0 Å². The van der Waals surface area contributed by atoms with Crippen LogP contribution in [-0.2, 0) is 5.75 Å². The zero-order valence-corrected chi connectivity index (χ0v) is 14.4. The van der Waals surface area contributed by atoms with E-state index in [1.165, 1.54) is 23.4 Å². The van der Waals surface area contributed by atoms with Crippen molar-refractivity contribution < 1.29 is 4.39 Å². The average Bonchev–Trinajstić information content (AvgIpc) is 2.51. The number of rotatable bonds is 4. The van der Waals surface area contributed by atoms with E-state index in [0.717, 1.165) is 11.3 Å². The molecule has 0 saturated carbocycles. The molecule has 0 radical (unpaired) electrons. The Bertz CT molecular complexity index is 702. The normalized spacial score (nSPS) is 12.0. The Hall–Kier alpha value is -1.66. The Balaban J connectivity index is 1.97. The van der Waals surface area contributed by atoms with Gasteiger partial charge >= 0.3 is 0 Å². The van der Waals surface area contributed by atoms with Gasteiger partial charge in [0.25, 0.3) is 0 Å². The SMILES string of the molecule is Cc1cc(C=NN=C(N)SCc2ccccc2)c(Br)cc1F. The second kappa shape index (κ2) is 8.10. The third-order valence-corrected chi connectivity index (χ3v) is 4.40. The van der Waals surface area contributed by atoms with Crippen LogP contribution < -0.4 is 5.73 Å². The number of aryl methyl sites for hydroxylation is 1. The predicted molar refractivity (Wildman–Crippen MR) is 95.8 cm³/mol. The molecule has 3 nitrogen and oxygen atoms in total. The second-order valence-electron chi connectivity index (χ2n) is 4.58. The molecule has 0 unspecified atom stereocenters. The lowest BCUT2D eigenvalue weighted by Gasteiger charge is -2.01. The van der Waals surface area contributed by atoms with Crippen LogP contribution in [0.15, 0.2) is 57.1 Å². The number of hydrogen-bond donors (Lipinski definition) is 1. The van der Waals surface area contributed by atoms with E-state index in [4.69, 9.17) is 5.73 Å². The van der Waals surface area contributed by atoms with Crippen molar-refractivity contribution in [3.05, 3.63) is 69.4 Å². The molecule has 0 atom stereocenters. The molecular weight excluding hydrogens is 365 g/mol. The minimum Gasteiger partial charge on any atom is -0.377 e. The Kier molecular flexibility index (Phi) is 6.15. The molecule has 0 spiro atoms. The smallest absolute Gasteiger partial charge is 0.180 e. The molecule has 22 heavy (non-hydrogen) atoms. The number of benzene rings is 2. The number of hydrogen-bond acceptors (Lipinski definition) is 3. The van der Waals surface area contributed by atoms with Crippen molar-refractivity contribution in [3.8, 4) is 0 Å². The van der Waals surface area contributed by atoms with E-state index in [2.05, 4.69) is 26.1 Å². The first kappa shape index (κ1) is 16.7. The van der Waals surface area contributed by atoms with Crippen molar-refractivity contribution in [2.24, 2.45) is 15.9 Å². The Morgan fingerprint density at radius 1 is 1.32 bits per heavy atom. The van der Waals surface area contributed by atoms with E-state index in [-0.39, 0.29) is 5.82 Å². The van der Waals surface area contributed by atoms with Gasteiger partial charge in [-0.1, -0.05) is 58.0 Å². The van der Waals surface area contributed by atoms with E-state index in [1.807, 2.05) is 30.3 Å². The summed E-state index contributed by atoms with van der Waals surface area (Å²) in [5, 5.41) is 8.27. The molecule has 0 aliphatic heterocycles. The summed E-state index contributed by atoms with van der Waals surface area (Å²) < 4.78 is 14.0. The molecule has 2 rings (SSSR count). The lowest BCUT2D eigenvalue weighted by Crippen LogP contribution is -2.06. The molecule has 0 aliphatic rings. The minimum atomic E-state index is -0.259. The van der Waals surface area contributed by atoms with Crippen molar-refractivity contribution in [2.45, 2.75) is 12.7 Å². The van der Waals surface area contributed by atoms with Crippen molar-refractivity contribution in [1.82, 2.24) is 0 Å². The van der Waals surface area contributed by atoms with Gasteiger partial charge in [-0.15, -0.1) is 5.10 Å². The number of nitrogens with zero attached hydrogens (tertiary/aromatic N) is 2. The molecule has 0 fully saturated rings. The molecule has 0 aromatic heterocycles. The highest BCUT2D eigenvalue weighted by molar-refractivity contribution is 9.10. The van der Waals surface area contributed by atoms with Crippen LogP contribution in [0.25, 0.3) is 0 Å². The molecule has 114 valence electrons. The van der Waals surface area contributed by atoms with Crippen LogP contribution in [0.2, 0.25) is 0 Å². The van der Waals surface area contributed by atoms with E-state index in [0.29, 0.717) is 15.2 Å². The molecule has 0 amide bonds. The van der Waals surface area contributed by atoms with Crippen molar-refractivity contribution in [3.63, 3.8) is 0 Å². The maximum atomic E-state index is 13.3. The van der Waals surface area contributed by atoms with Gasteiger partial charge in [-0.25, -0.2) is 4.39 Å². The van der Waals surface area contributed by atoms with Gasteiger partial charge in [0.05, 0.1) is 6.21 Å². The summed E-state index contributed by atoms with van der Waals surface area (Å²) in [4.78, 5) is 0. The van der Waals surface area contributed by atoms with Crippen LogP contribution in [0, 0.1) is 12.7 Å². The summed E-state index contributed by atoms with van der Waals surface area (Å²) in [6.07, 6.45) is 1.55. The maximum Gasteiger partial charge on any atom is 0.180 e. The average molecular weight is 380 g/mol. The summed E-state index contributed by atoms with van der Waals surface area (Å²) in [5.41, 5.74) is 8.29. The van der Waals surface area contributed by atoms with Gasteiger partial charge in [0.2, 0.25) is 0 Å². The Morgan fingerprint density at radius 2 is 2.05 bits per heavy atom. The van der Waals surface area contributed by atoms with E-state index in [1.54, 1.807) is 19.2 Å². The molecule has 0 aliphatic carbocycles. The topological polar surface area (TPSA) is 50.7 Å². The predicted octanol–water partition coefficient (Wildman–Crippen LogP) is 4.48. The van der Waals surface area contributed by atoms with E-state index >= 15 is 0 Å². The summed E-state index contributed by atoms with van der Waals surface area (Å²) >= 11 is 4.71. The summed E-state index contributed by atoms with van der Waals surface area (Å²) in [7, 11) is 0. The van der Waals surface area contributed by atoms with Crippen molar-refractivity contribution >= 4 is 39.1 Å². The summed E-state index contributed by atoms with van der Waals surface area (Å²) in [6, 6.07) is 13.1. The zero-order chi connectivity index (χ0) is 15.9. The zero-order valence-electron chi connectivity index (χ0n) is 12.0. The van der Waals surface area contributed by atoms with Gasteiger partial charge < -0.3 is 5.73 Å². The molecular formula is C16H15BrFN3S. The minimum absolute atomic E-state index is 0.259. The van der Waals surface area contributed by atoms with Gasteiger partial charge in [0.1, 0.15) is 5.82 Å². The lowest BCUT2D eigenvalue weighted by molar-refractivity contribution is 0.617. The number of nitrogens with two attached hydrogens (primary N) is 1. The fourth-order valence-corrected chi connectivity index (χ4v) is 2.72. The van der Waals surface area contributed by atoms with Crippen LogP contribution >= 0.6 is 27.7 Å². The quantitative estimate of drug-likeness (QED) is 0.483. The van der Waals surface area contributed by atoms with Gasteiger partial charge in [-0.2, -0.15) is 5.10 Å². The fraction of sp³-hybridized carbons (Fsp3) is 0.125. The van der Waals surface area contributed by atoms with Crippen molar-refractivity contribution in [1.29, 1.82) is 0 Å². The highest BCUT2D eigenvalue weighted by atomic mass is 79.9. The largest absolute Gasteiger partial charge is 0.377 e. The van der Waals surface area contributed by atoms with Crippen LogP contribution in [0.1, 0.15) is 16.7 Å². The number of amidine groups is 1. The lowest BCUT2D eigenvalue weighted by atomic mass is 10.1. The Morgan fingerprint density at radius 3 is 2.77 bits per heavy atom. The highest BCUT2D eigenvalue weighted by Crippen LogP contribution is 2.19. The Labute approximate surface area is 141 Å². The van der Waals surface area contributed by atoms with Crippen LogP contribution in [-0.4, -0.2) is 11.4 Å². The summed E-state index contributed by atoms with van der Waals surface area (Å²) in [6.45, 7) is 1.70. The maximum absolute atomic E-state index is 13.3.